The van der Waals surface area contributed by atoms with Crippen molar-refractivity contribution in [3.63, 3.8) is 0 Å². The van der Waals surface area contributed by atoms with Crippen LogP contribution in [-0.4, -0.2) is 59.4 Å². The summed E-state index contributed by atoms with van der Waals surface area (Å²) in [6.07, 6.45) is -1.37. The Labute approximate surface area is 148 Å². The summed E-state index contributed by atoms with van der Waals surface area (Å²) in [6.45, 7) is 4.03. The highest BCUT2D eigenvalue weighted by atomic mass is 19.4. The van der Waals surface area contributed by atoms with Crippen molar-refractivity contribution in [1.29, 1.82) is 0 Å². The maximum atomic E-state index is 12.2. The SMILES string of the molecule is CN1CCN(c2ncc(CNc3cccc(OC(F)(F)F)n3)cn2)CC1. The van der Waals surface area contributed by atoms with Crippen molar-refractivity contribution >= 4 is 11.8 Å². The third-order valence-corrected chi connectivity index (χ3v) is 3.90. The van der Waals surface area contributed by atoms with Gasteiger partial charge in [-0.15, -0.1) is 13.2 Å². The average molecular weight is 368 g/mol. The molecule has 1 aliphatic heterocycles. The first-order chi connectivity index (χ1) is 12.4. The van der Waals surface area contributed by atoms with Crippen molar-refractivity contribution in [2.45, 2.75) is 12.9 Å². The van der Waals surface area contributed by atoms with Crippen molar-refractivity contribution in [1.82, 2.24) is 19.9 Å². The highest BCUT2D eigenvalue weighted by Crippen LogP contribution is 2.22. The van der Waals surface area contributed by atoms with E-state index in [0.717, 1.165) is 37.8 Å². The Hall–Kier alpha value is -2.62. The molecule has 1 saturated heterocycles. The Balaban J connectivity index is 1.56. The fraction of sp³-hybridized carbons (Fsp3) is 0.438. The number of alkyl halides is 3. The molecule has 2 aromatic heterocycles. The molecule has 1 N–H and O–H groups in total. The van der Waals surface area contributed by atoms with E-state index in [1.165, 1.54) is 6.07 Å². The lowest BCUT2D eigenvalue weighted by atomic mass is 10.3. The molecule has 0 unspecified atom stereocenters. The van der Waals surface area contributed by atoms with E-state index in [1.54, 1.807) is 18.5 Å². The molecule has 3 rings (SSSR count). The molecular weight excluding hydrogens is 349 g/mol. The van der Waals surface area contributed by atoms with Crippen LogP contribution >= 0.6 is 0 Å². The number of nitrogens with zero attached hydrogens (tertiary/aromatic N) is 5. The summed E-state index contributed by atoms with van der Waals surface area (Å²) in [7, 11) is 2.08. The molecule has 0 aromatic carbocycles. The molecule has 0 spiro atoms. The third kappa shape index (κ3) is 5.19. The van der Waals surface area contributed by atoms with Gasteiger partial charge in [-0.1, -0.05) is 6.07 Å². The van der Waals surface area contributed by atoms with Gasteiger partial charge in [-0.2, -0.15) is 4.98 Å². The summed E-state index contributed by atoms with van der Waals surface area (Å²) >= 11 is 0. The molecule has 7 nitrogen and oxygen atoms in total. The second-order valence-electron chi connectivity index (χ2n) is 5.94. The van der Waals surface area contributed by atoms with Crippen LogP contribution in [0.5, 0.6) is 5.88 Å². The smallest absolute Gasteiger partial charge is 0.388 e. The van der Waals surface area contributed by atoms with Gasteiger partial charge in [0.2, 0.25) is 11.8 Å². The van der Waals surface area contributed by atoms with Gasteiger partial charge in [-0.05, 0) is 13.1 Å². The number of likely N-dealkylation sites (N-methyl/N-ethyl adjacent to an activating group) is 1. The molecule has 1 aliphatic rings. The van der Waals surface area contributed by atoms with Gasteiger partial charge in [0.1, 0.15) is 5.82 Å². The van der Waals surface area contributed by atoms with Gasteiger partial charge in [0.15, 0.2) is 0 Å². The molecule has 0 saturated carbocycles. The first kappa shape index (κ1) is 18.2. The van der Waals surface area contributed by atoms with Gasteiger partial charge >= 0.3 is 6.36 Å². The monoisotopic (exact) mass is 368 g/mol. The number of ether oxygens (including phenoxy) is 1. The maximum Gasteiger partial charge on any atom is 0.574 e. The molecular formula is C16H19F3N6O. The van der Waals surface area contributed by atoms with Crippen molar-refractivity contribution in [3.05, 3.63) is 36.2 Å². The van der Waals surface area contributed by atoms with Crippen LogP contribution in [0.25, 0.3) is 0 Å². The first-order valence-corrected chi connectivity index (χ1v) is 8.10. The predicted molar refractivity (Wildman–Crippen MR) is 90.0 cm³/mol. The number of hydrogen-bond donors (Lipinski definition) is 1. The molecule has 1 fully saturated rings. The lowest BCUT2D eigenvalue weighted by Gasteiger charge is -2.32. The fourth-order valence-corrected chi connectivity index (χ4v) is 2.49. The van der Waals surface area contributed by atoms with Crippen molar-refractivity contribution in [2.75, 3.05) is 43.4 Å². The number of rotatable bonds is 5. The number of halogens is 3. The molecule has 0 radical (unpaired) electrons. The van der Waals surface area contributed by atoms with E-state index in [2.05, 4.69) is 41.9 Å². The standard InChI is InChI=1S/C16H19F3N6O/c1-24-5-7-25(8-6-24)15-21-10-12(11-22-15)9-20-13-3-2-4-14(23-13)26-16(17,18)19/h2-4,10-11H,5-9H2,1H3,(H,20,23). The van der Waals surface area contributed by atoms with Crippen LogP contribution in [0, 0.1) is 0 Å². The van der Waals surface area contributed by atoms with Crippen molar-refractivity contribution in [3.8, 4) is 5.88 Å². The maximum absolute atomic E-state index is 12.2. The molecule has 0 atom stereocenters. The summed E-state index contributed by atoms with van der Waals surface area (Å²) in [5, 5.41) is 2.93. The molecule has 140 valence electrons. The summed E-state index contributed by atoms with van der Waals surface area (Å²) in [5.41, 5.74) is 0.798. The molecule has 2 aromatic rings. The van der Waals surface area contributed by atoms with Crippen LogP contribution < -0.4 is 15.0 Å². The second kappa shape index (κ2) is 7.73. The molecule has 0 bridgehead atoms. The highest BCUT2D eigenvalue weighted by molar-refractivity contribution is 5.38. The minimum Gasteiger partial charge on any atom is -0.388 e. The number of piperazine rings is 1. The number of hydrogen-bond acceptors (Lipinski definition) is 7. The van der Waals surface area contributed by atoms with Crippen LogP contribution in [0.4, 0.5) is 24.9 Å². The Bertz CT molecular complexity index is 717. The first-order valence-electron chi connectivity index (χ1n) is 8.10. The molecule has 3 heterocycles. The van der Waals surface area contributed by atoms with E-state index >= 15 is 0 Å². The van der Waals surface area contributed by atoms with Crippen LogP contribution in [0.3, 0.4) is 0 Å². The van der Waals surface area contributed by atoms with Crippen LogP contribution in [0.2, 0.25) is 0 Å². The number of anilines is 2. The normalized spacial score (nSPS) is 15.8. The topological polar surface area (TPSA) is 66.4 Å². The lowest BCUT2D eigenvalue weighted by Crippen LogP contribution is -2.45. The number of nitrogens with one attached hydrogen (secondary N) is 1. The Morgan fingerprint density at radius 1 is 1.12 bits per heavy atom. The van der Waals surface area contributed by atoms with Crippen LogP contribution in [0.15, 0.2) is 30.6 Å². The molecule has 0 amide bonds. The van der Waals surface area contributed by atoms with Crippen LogP contribution in [0.1, 0.15) is 5.56 Å². The summed E-state index contributed by atoms with van der Waals surface area (Å²) in [4.78, 5) is 16.9. The largest absolute Gasteiger partial charge is 0.574 e. The zero-order chi connectivity index (χ0) is 18.6. The molecule has 0 aliphatic carbocycles. The van der Waals surface area contributed by atoms with Gasteiger partial charge in [0, 0.05) is 56.7 Å². The highest BCUT2D eigenvalue weighted by Gasteiger charge is 2.31. The van der Waals surface area contributed by atoms with E-state index < -0.39 is 12.2 Å². The quantitative estimate of drug-likeness (QED) is 0.867. The Morgan fingerprint density at radius 3 is 2.46 bits per heavy atom. The van der Waals surface area contributed by atoms with Gasteiger partial charge in [0.05, 0.1) is 0 Å². The lowest BCUT2D eigenvalue weighted by molar-refractivity contribution is -0.276. The van der Waals surface area contributed by atoms with Crippen molar-refractivity contribution in [2.24, 2.45) is 0 Å². The van der Waals surface area contributed by atoms with Gasteiger partial charge in [-0.25, -0.2) is 9.97 Å². The molecule has 26 heavy (non-hydrogen) atoms. The van der Waals surface area contributed by atoms with E-state index in [0.29, 0.717) is 12.5 Å². The summed E-state index contributed by atoms with van der Waals surface area (Å²) in [5.74, 6) is 0.444. The summed E-state index contributed by atoms with van der Waals surface area (Å²) < 4.78 is 40.5. The number of aromatic nitrogens is 3. The van der Waals surface area contributed by atoms with Crippen molar-refractivity contribution < 1.29 is 17.9 Å². The van der Waals surface area contributed by atoms with E-state index in [-0.39, 0.29) is 5.82 Å². The third-order valence-electron chi connectivity index (χ3n) is 3.90. The second-order valence-corrected chi connectivity index (χ2v) is 5.94. The minimum absolute atomic E-state index is 0.273. The van der Waals surface area contributed by atoms with Gasteiger partial charge in [-0.3, -0.25) is 0 Å². The minimum atomic E-state index is -4.77. The van der Waals surface area contributed by atoms with E-state index in [4.69, 9.17) is 0 Å². The zero-order valence-electron chi connectivity index (χ0n) is 14.2. The average Bonchev–Trinajstić information content (AvgIpc) is 2.60. The number of pyridine rings is 1. The van der Waals surface area contributed by atoms with Gasteiger partial charge in [0.25, 0.3) is 0 Å². The Morgan fingerprint density at radius 2 is 1.81 bits per heavy atom. The zero-order valence-corrected chi connectivity index (χ0v) is 14.2. The Kier molecular flexibility index (Phi) is 5.40. The molecule has 10 heteroatoms. The van der Waals surface area contributed by atoms with E-state index in [9.17, 15) is 13.2 Å². The fourth-order valence-electron chi connectivity index (χ4n) is 2.49. The van der Waals surface area contributed by atoms with Gasteiger partial charge < -0.3 is 19.9 Å². The van der Waals surface area contributed by atoms with E-state index in [1.807, 2.05) is 0 Å². The van der Waals surface area contributed by atoms with Crippen LogP contribution in [-0.2, 0) is 6.54 Å². The predicted octanol–water partition coefficient (Wildman–Crippen LogP) is 2.13. The summed E-state index contributed by atoms with van der Waals surface area (Å²) in [6, 6.07) is 4.14.